The van der Waals surface area contributed by atoms with Crippen LogP contribution >= 0.6 is 24.0 Å². The van der Waals surface area contributed by atoms with Crippen LogP contribution in [0.25, 0.3) is 0 Å². The summed E-state index contributed by atoms with van der Waals surface area (Å²) in [5, 5.41) is 6.62. The number of benzene rings is 2. The molecule has 1 atom stereocenters. The monoisotopic (exact) mass is 499 g/mol. The Balaban J connectivity index is 0.00000392. The van der Waals surface area contributed by atoms with Crippen LogP contribution in [0.15, 0.2) is 53.5 Å². The van der Waals surface area contributed by atoms with Gasteiger partial charge in [-0.2, -0.15) is 0 Å². The van der Waals surface area contributed by atoms with Crippen molar-refractivity contribution in [2.24, 2.45) is 4.99 Å². The van der Waals surface area contributed by atoms with Gasteiger partial charge in [-0.3, -0.25) is 4.99 Å². The summed E-state index contributed by atoms with van der Waals surface area (Å²) in [6.07, 6.45) is -0.0311. The number of methoxy groups -OCH3 is 2. The van der Waals surface area contributed by atoms with E-state index in [1.54, 1.807) is 21.3 Å². The quantitative estimate of drug-likeness (QED) is 0.314. The Kier molecular flexibility index (Phi) is 11.4. The highest BCUT2D eigenvalue weighted by Gasteiger charge is 2.07. The van der Waals surface area contributed by atoms with Crippen molar-refractivity contribution in [2.75, 3.05) is 27.8 Å². The van der Waals surface area contributed by atoms with Crippen molar-refractivity contribution >= 4 is 29.9 Å². The first-order valence-corrected chi connectivity index (χ1v) is 8.97. The molecule has 0 saturated heterocycles. The van der Waals surface area contributed by atoms with E-state index in [1.165, 1.54) is 5.56 Å². The molecule has 0 radical (unpaired) electrons. The molecule has 0 aliphatic rings. The molecule has 28 heavy (non-hydrogen) atoms. The number of aliphatic imine (C=N–C) groups is 1. The molecule has 6 nitrogen and oxygen atoms in total. The highest BCUT2D eigenvalue weighted by Crippen LogP contribution is 2.19. The molecule has 0 spiro atoms. The minimum absolute atomic E-state index is 0. The first kappa shape index (κ1) is 24.0. The topological polar surface area (TPSA) is 64.1 Å². The van der Waals surface area contributed by atoms with Crippen molar-refractivity contribution in [3.63, 3.8) is 0 Å². The molecule has 2 aromatic carbocycles. The van der Waals surface area contributed by atoms with Crippen molar-refractivity contribution in [3.05, 3.63) is 59.7 Å². The van der Waals surface area contributed by atoms with Gasteiger partial charge in [0, 0.05) is 26.8 Å². The number of hydrogen-bond acceptors (Lipinski definition) is 4. The van der Waals surface area contributed by atoms with Crippen molar-refractivity contribution < 1.29 is 14.2 Å². The van der Waals surface area contributed by atoms with E-state index in [0.29, 0.717) is 19.7 Å². The van der Waals surface area contributed by atoms with Crippen LogP contribution in [0.2, 0.25) is 0 Å². The third kappa shape index (κ3) is 7.93. The fourth-order valence-electron chi connectivity index (χ4n) is 2.61. The van der Waals surface area contributed by atoms with Gasteiger partial charge in [0.05, 0.1) is 20.3 Å². The molecular weight excluding hydrogens is 469 g/mol. The van der Waals surface area contributed by atoms with E-state index >= 15 is 0 Å². The lowest BCUT2D eigenvalue weighted by molar-refractivity contribution is 0.184. The Labute approximate surface area is 184 Å². The SMILES string of the molecule is CN=C(NCc1ccccc1COC)NCC(C)Oc1cccc(OC)c1.I. The maximum Gasteiger partial charge on any atom is 0.191 e. The maximum absolute atomic E-state index is 5.92. The van der Waals surface area contributed by atoms with Gasteiger partial charge in [-0.1, -0.05) is 30.3 Å². The van der Waals surface area contributed by atoms with Crippen LogP contribution in [0, 0.1) is 0 Å². The number of hydrogen-bond donors (Lipinski definition) is 2. The summed E-state index contributed by atoms with van der Waals surface area (Å²) in [7, 11) is 5.10. The lowest BCUT2D eigenvalue weighted by Crippen LogP contribution is -2.41. The number of rotatable bonds is 9. The summed E-state index contributed by atoms with van der Waals surface area (Å²) < 4.78 is 16.4. The molecule has 2 N–H and O–H groups in total. The first-order chi connectivity index (χ1) is 13.2. The number of nitrogens with one attached hydrogen (secondary N) is 2. The highest BCUT2D eigenvalue weighted by molar-refractivity contribution is 14.0. The zero-order chi connectivity index (χ0) is 19.5. The van der Waals surface area contributed by atoms with Crippen molar-refractivity contribution in [1.82, 2.24) is 10.6 Å². The number of halogens is 1. The Bertz CT molecular complexity index is 740. The number of guanidine groups is 1. The third-order valence-electron chi connectivity index (χ3n) is 4.02. The summed E-state index contributed by atoms with van der Waals surface area (Å²) >= 11 is 0. The van der Waals surface area contributed by atoms with Crippen LogP contribution in [0.3, 0.4) is 0 Å². The second kappa shape index (κ2) is 13.2. The predicted molar refractivity (Wildman–Crippen MR) is 124 cm³/mol. The molecule has 0 aliphatic heterocycles. The van der Waals surface area contributed by atoms with Gasteiger partial charge in [0.1, 0.15) is 17.6 Å². The van der Waals surface area contributed by atoms with Gasteiger partial charge in [0.15, 0.2) is 5.96 Å². The largest absolute Gasteiger partial charge is 0.497 e. The van der Waals surface area contributed by atoms with Gasteiger partial charge >= 0.3 is 0 Å². The van der Waals surface area contributed by atoms with Gasteiger partial charge in [-0.05, 0) is 30.2 Å². The summed E-state index contributed by atoms with van der Waals surface area (Å²) in [5.41, 5.74) is 2.35. The normalized spacial score (nSPS) is 11.9. The summed E-state index contributed by atoms with van der Waals surface area (Å²) in [5.74, 6) is 2.28. The molecule has 0 fully saturated rings. The fourth-order valence-corrected chi connectivity index (χ4v) is 2.61. The third-order valence-corrected chi connectivity index (χ3v) is 4.02. The van der Waals surface area contributed by atoms with Crippen molar-refractivity contribution in [3.8, 4) is 11.5 Å². The van der Waals surface area contributed by atoms with E-state index in [1.807, 2.05) is 43.3 Å². The molecule has 154 valence electrons. The second-order valence-corrected chi connectivity index (χ2v) is 6.12. The minimum Gasteiger partial charge on any atom is -0.497 e. The van der Waals surface area contributed by atoms with Crippen molar-refractivity contribution in [2.45, 2.75) is 26.2 Å². The number of ether oxygens (including phenoxy) is 3. The summed E-state index contributed by atoms with van der Waals surface area (Å²) in [4.78, 5) is 4.27. The average Bonchev–Trinajstić information content (AvgIpc) is 2.69. The van der Waals surface area contributed by atoms with Crippen LogP contribution in [-0.4, -0.2) is 39.9 Å². The molecular formula is C21H30IN3O3. The Hall–Kier alpha value is -2.00. The van der Waals surface area contributed by atoms with E-state index in [-0.39, 0.29) is 30.1 Å². The van der Waals surface area contributed by atoms with E-state index < -0.39 is 0 Å². The predicted octanol–water partition coefficient (Wildman–Crippen LogP) is 3.59. The van der Waals surface area contributed by atoms with Gasteiger partial charge in [0.2, 0.25) is 0 Å². The zero-order valence-electron chi connectivity index (χ0n) is 16.9. The molecule has 0 aliphatic carbocycles. The van der Waals surface area contributed by atoms with Crippen LogP contribution < -0.4 is 20.1 Å². The average molecular weight is 499 g/mol. The lowest BCUT2D eigenvalue weighted by atomic mass is 10.1. The Morgan fingerprint density at radius 3 is 2.39 bits per heavy atom. The smallest absolute Gasteiger partial charge is 0.191 e. The first-order valence-electron chi connectivity index (χ1n) is 8.97. The maximum atomic E-state index is 5.92. The molecule has 1 unspecified atom stereocenters. The van der Waals surface area contributed by atoms with E-state index in [2.05, 4.69) is 27.8 Å². The molecule has 0 bridgehead atoms. The molecule has 0 aromatic heterocycles. The van der Waals surface area contributed by atoms with Crippen LogP contribution in [0.5, 0.6) is 11.5 Å². The van der Waals surface area contributed by atoms with E-state index in [9.17, 15) is 0 Å². The molecule has 7 heteroatoms. The van der Waals surface area contributed by atoms with Crippen LogP contribution in [0.1, 0.15) is 18.1 Å². The molecule has 2 aromatic rings. The molecule has 0 heterocycles. The summed E-state index contributed by atoms with van der Waals surface area (Å²) in [6, 6.07) is 15.8. The number of nitrogens with zero attached hydrogens (tertiary/aromatic N) is 1. The lowest BCUT2D eigenvalue weighted by Gasteiger charge is -2.18. The standard InChI is InChI=1S/C21H29N3O3.HI/c1-16(27-20-11-7-10-19(12-20)26-4)13-23-21(22-2)24-14-17-8-5-6-9-18(17)15-25-3;/h5-12,16H,13-15H2,1-4H3,(H2,22,23,24);1H. The Morgan fingerprint density at radius 1 is 1.00 bits per heavy atom. The molecule has 0 saturated carbocycles. The van der Waals surface area contributed by atoms with Gasteiger partial charge < -0.3 is 24.8 Å². The minimum atomic E-state index is -0.0311. The zero-order valence-corrected chi connectivity index (χ0v) is 19.2. The van der Waals surface area contributed by atoms with Gasteiger partial charge in [0.25, 0.3) is 0 Å². The van der Waals surface area contributed by atoms with E-state index in [0.717, 1.165) is 23.0 Å². The van der Waals surface area contributed by atoms with Gasteiger partial charge in [-0.25, -0.2) is 0 Å². The van der Waals surface area contributed by atoms with Crippen LogP contribution in [-0.2, 0) is 17.9 Å². The Morgan fingerprint density at radius 2 is 1.71 bits per heavy atom. The van der Waals surface area contributed by atoms with Crippen LogP contribution in [0.4, 0.5) is 0 Å². The van der Waals surface area contributed by atoms with E-state index in [4.69, 9.17) is 14.2 Å². The highest BCUT2D eigenvalue weighted by atomic mass is 127. The molecule has 2 rings (SSSR count). The van der Waals surface area contributed by atoms with Gasteiger partial charge in [-0.15, -0.1) is 24.0 Å². The molecule has 0 amide bonds. The fraction of sp³-hybridized carbons (Fsp3) is 0.381. The second-order valence-electron chi connectivity index (χ2n) is 6.12. The van der Waals surface area contributed by atoms with Crippen molar-refractivity contribution in [1.29, 1.82) is 0 Å². The summed E-state index contributed by atoms with van der Waals surface area (Å²) in [6.45, 7) is 3.89.